The molecule has 0 bridgehead atoms. The maximum atomic E-state index is 10.4. The Hall–Kier alpha value is -1.18. The van der Waals surface area contributed by atoms with Gasteiger partial charge in [0.2, 0.25) is 0 Å². The Morgan fingerprint density at radius 1 is 1.18 bits per heavy atom. The minimum Gasteiger partial charge on any atom is -0.504 e. The van der Waals surface area contributed by atoms with Crippen molar-refractivity contribution < 1.29 is 9.84 Å². The van der Waals surface area contributed by atoms with E-state index in [2.05, 4.69) is 20.8 Å². The highest BCUT2D eigenvalue weighted by Crippen LogP contribution is 2.50. The Labute approximate surface area is 103 Å². The van der Waals surface area contributed by atoms with Crippen molar-refractivity contribution >= 4 is 0 Å². The zero-order valence-corrected chi connectivity index (χ0v) is 10.8. The quantitative estimate of drug-likeness (QED) is 0.740. The molecule has 1 heterocycles. The van der Waals surface area contributed by atoms with E-state index in [1.165, 1.54) is 29.5 Å². The number of fused-ring (bicyclic) bond motifs is 2. The second-order valence-corrected chi connectivity index (χ2v) is 5.61. The molecule has 2 unspecified atom stereocenters. The van der Waals surface area contributed by atoms with E-state index >= 15 is 0 Å². The summed E-state index contributed by atoms with van der Waals surface area (Å²) in [5.74, 6) is 2.18. The van der Waals surface area contributed by atoms with Crippen LogP contribution >= 0.6 is 0 Å². The van der Waals surface area contributed by atoms with Crippen molar-refractivity contribution in [1.82, 2.24) is 0 Å². The van der Waals surface area contributed by atoms with Gasteiger partial charge in [0.05, 0.1) is 6.61 Å². The number of ether oxygens (including phenoxy) is 1. The highest BCUT2D eigenvalue weighted by Gasteiger charge is 2.32. The van der Waals surface area contributed by atoms with E-state index in [9.17, 15) is 5.11 Å². The van der Waals surface area contributed by atoms with Crippen molar-refractivity contribution in [2.24, 2.45) is 0 Å². The van der Waals surface area contributed by atoms with Gasteiger partial charge in [-0.05, 0) is 43.2 Å². The van der Waals surface area contributed by atoms with Crippen LogP contribution in [0.5, 0.6) is 11.5 Å². The van der Waals surface area contributed by atoms with Gasteiger partial charge >= 0.3 is 0 Å². The van der Waals surface area contributed by atoms with Gasteiger partial charge in [0.1, 0.15) is 0 Å². The topological polar surface area (TPSA) is 29.5 Å². The number of rotatable bonds is 0. The van der Waals surface area contributed by atoms with E-state index in [-0.39, 0.29) is 0 Å². The normalized spacial score (nSPS) is 26.3. The number of phenols is 1. The van der Waals surface area contributed by atoms with Crippen LogP contribution in [0.2, 0.25) is 0 Å². The summed E-state index contributed by atoms with van der Waals surface area (Å²) in [7, 11) is 0. The first-order valence-corrected chi connectivity index (χ1v) is 6.62. The number of benzene rings is 1. The van der Waals surface area contributed by atoms with Gasteiger partial charge < -0.3 is 9.84 Å². The molecule has 0 spiro atoms. The molecule has 92 valence electrons. The predicted molar refractivity (Wildman–Crippen MR) is 68.1 cm³/mol. The summed E-state index contributed by atoms with van der Waals surface area (Å²) < 4.78 is 5.67. The van der Waals surface area contributed by atoms with Crippen LogP contribution < -0.4 is 4.74 Å². The van der Waals surface area contributed by atoms with E-state index in [1.807, 2.05) is 0 Å². The lowest BCUT2D eigenvalue weighted by Gasteiger charge is -2.27. The maximum Gasteiger partial charge on any atom is 0.165 e. The van der Waals surface area contributed by atoms with E-state index in [0.29, 0.717) is 24.2 Å². The van der Waals surface area contributed by atoms with Crippen molar-refractivity contribution in [3.8, 4) is 11.5 Å². The summed E-state index contributed by atoms with van der Waals surface area (Å²) in [6.07, 6.45) is 3.41. The van der Waals surface area contributed by atoms with Crippen LogP contribution in [-0.4, -0.2) is 11.7 Å². The number of hydrogen-bond acceptors (Lipinski definition) is 2. The van der Waals surface area contributed by atoms with Gasteiger partial charge in [-0.15, -0.1) is 0 Å². The first-order chi connectivity index (χ1) is 8.11. The molecule has 1 aliphatic heterocycles. The Morgan fingerprint density at radius 3 is 2.71 bits per heavy atom. The molecule has 3 rings (SSSR count). The molecule has 1 N–H and O–H groups in total. The average molecular weight is 232 g/mol. The fraction of sp³-hybridized carbons (Fsp3) is 0.600. The summed E-state index contributed by atoms with van der Waals surface area (Å²) in [5.41, 5.74) is 5.15. The second kappa shape index (κ2) is 3.66. The maximum absolute atomic E-state index is 10.4. The molecule has 17 heavy (non-hydrogen) atoms. The molecule has 2 heteroatoms. The van der Waals surface area contributed by atoms with E-state index < -0.39 is 0 Å². The highest BCUT2D eigenvalue weighted by molar-refractivity contribution is 5.62. The highest BCUT2D eigenvalue weighted by atomic mass is 16.5. The minimum atomic E-state index is 0.412. The lowest BCUT2D eigenvalue weighted by molar-refractivity contribution is 0.318. The third kappa shape index (κ3) is 1.39. The Balaban J connectivity index is 2.30. The smallest absolute Gasteiger partial charge is 0.165 e. The molecule has 2 aliphatic rings. The third-order valence-electron chi connectivity index (χ3n) is 4.41. The second-order valence-electron chi connectivity index (χ2n) is 5.61. The van der Waals surface area contributed by atoms with Gasteiger partial charge in [0, 0.05) is 17.0 Å². The lowest BCUT2D eigenvalue weighted by Crippen LogP contribution is -2.11. The summed E-state index contributed by atoms with van der Waals surface area (Å²) >= 11 is 0. The van der Waals surface area contributed by atoms with Crippen molar-refractivity contribution in [1.29, 1.82) is 0 Å². The predicted octanol–water partition coefficient (Wildman–Crippen LogP) is 3.64. The van der Waals surface area contributed by atoms with Crippen LogP contribution in [0.1, 0.15) is 60.8 Å². The molecule has 0 aromatic heterocycles. The monoisotopic (exact) mass is 232 g/mol. The standard InChI is InChI=1S/C15H20O2/c1-8-5-4-6-11-12(8)10(3)13-9(2)7-17-15(13)14(11)16/h8-9,16H,4-7H2,1-3H3. The van der Waals surface area contributed by atoms with Crippen LogP contribution in [0.4, 0.5) is 0 Å². The summed E-state index contributed by atoms with van der Waals surface area (Å²) in [6, 6.07) is 0. The van der Waals surface area contributed by atoms with E-state index in [0.717, 1.165) is 17.7 Å². The van der Waals surface area contributed by atoms with Crippen molar-refractivity contribution in [2.75, 3.05) is 6.61 Å². The molecule has 1 aromatic carbocycles. The van der Waals surface area contributed by atoms with Crippen LogP contribution in [0.25, 0.3) is 0 Å². The SMILES string of the molecule is Cc1c2c(c(O)c3c1C(C)CO3)CCCC2C. The first-order valence-electron chi connectivity index (χ1n) is 6.62. The van der Waals surface area contributed by atoms with Crippen molar-refractivity contribution in [3.05, 3.63) is 22.3 Å². The van der Waals surface area contributed by atoms with Gasteiger partial charge in [-0.1, -0.05) is 13.8 Å². The van der Waals surface area contributed by atoms with Gasteiger partial charge in [-0.2, -0.15) is 0 Å². The minimum absolute atomic E-state index is 0.412. The van der Waals surface area contributed by atoms with Gasteiger partial charge in [0.15, 0.2) is 11.5 Å². The van der Waals surface area contributed by atoms with Crippen molar-refractivity contribution in [3.63, 3.8) is 0 Å². The number of aromatic hydroxyl groups is 1. The summed E-state index contributed by atoms with van der Waals surface area (Å²) in [5, 5.41) is 10.4. The fourth-order valence-corrected chi connectivity index (χ4v) is 3.61. The van der Waals surface area contributed by atoms with Crippen molar-refractivity contribution in [2.45, 2.75) is 51.9 Å². The molecule has 0 radical (unpaired) electrons. The molecule has 2 nitrogen and oxygen atoms in total. The fourth-order valence-electron chi connectivity index (χ4n) is 3.61. The lowest BCUT2D eigenvalue weighted by atomic mass is 9.78. The summed E-state index contributed by atoms with van der Waals surface area (Å²) in [6.45, 7) is 7.36. The number of hydrogen-bond donors (Lipinski definition) is 1. The molecule has 1 aromatic rings. The number of phenolic OH excluding ortho intramolecular Hbond substituents is 1. The molecular formula is C15H20O2. The van der Waals surface area contributed by atoms with Gasteiger partial charge in [0.25, 0.3) is 0 Å². The van der Waals surface area contributed by atoms with Gasteiger partial charge in [-0.25, -0.2) is 0 Å². The zero-order chi connectivity index (χ0) is 12.2. The van der Waals surface area contributed by atoms with Crippen LogP contribution in [-0.2, 0) is 6.42 Å². The van der Waals surface area contributed by atoms with Crippen LogP contribution in [0.15, 0.2) is 0 Å². The van der Waals surface area contributed by atoms with Crippen LogP contribution in [0.3, 0.4) is 0 Å². The average Bonchev–Trinajstić information content (AvgIpc) is 2.68. The first kappa shape index (κ1) is 10.9. The molecule has 0 saturated carbocycles. The molecule has 2 atom stereocenters. The summed E-state index contributed by atoms with van der Waals surface area (Å²) in [4.78, 5) is 0. The van der Waals surface area contributed by atoms with E-state index in [4.69, 9.17) is 4.74 Å². The molecule has 0 amide bonds. The zero-order valence-electron chi connectivity index (χ0n) is 10.8. The Bertz CT molecular complexity index is 477. The Kier molecular flexibility index (Phi) is 2.35. The van der Waals surface area contributed by atoms with Crippen LogP contribution in [0, 0.1) is 6.92 Å². The third-order valence-corrected chi connectivity index (χ3v) is 4.41. The molecule has 0 saturated heterocycles. The largest absolute Gasteiger partial charge is 0.504 e. The Morgan fingerprint density at radius 2 is 1.94 bits per heavy atom. The molecule has 0 fully saturated rings. The molecule has 1 aliphatic carbocycles. The van der Waals surface area contributed by atoms with Gasteiger partial charge in [-0.3, -0.25) is 0 Å². The molecular weight excluding hydrogens is 212 g/mol. The van der Waals surface area contributed by atoms with E-state index in [1.54, 1.807) is 0 Å².